The van der Waals surface area contributed by atoms with Gasteiger partial charge in [-0.25, -0.2) is 0 Å². The smallest absolute Gasteiger partial charge is 0.224 e. The molecule has 0 aromatic heterocycles. The first-order valence-corrected chi connectivity index (χ1v) is 7.19. The number of rotatable bonds is 7. The summed E-state index contributed by atoms with van der Waals surface area (Å²) in [6.07, 6.45) is 0.584. The molecular weight excluding hydrogens is 254 g/mol. The number of likely N-dealkylation sites (N-methyl/N-ethyl adjacent to an activating group) is 1. The fraction of sp³-hybridized carbons (Fsp3) is 0.533. The van der Waals surface area contributed by atoms with Gasteiger partial charge in [0.2, 0.25) is 5.91 Å². The van der Waals surface area contributed by atoms with Crippen LogP contribution in [0.2, 0.25) is 0 Å². The van der Waals surface area contributed by atoms with Crippen LogP contribution in [0.3, 0.4) is 0 Å². The van der Waals surface area contributed by atoms with E-state index in [9.17, 15) is 4.79 Å². The van der Waals surface area contributed by atoms with Gasteiger partial charge in [-0.2, -0.15) is 0 Å². The first-order valence-electron chi connectivity index (χ1n) is 7.19. The fourth-order valence-corrected chi connectivity index (χ4v) is 2.31. The average molecular weight is 277 g/mol. The number of carbonyl (C=O) groups is 1. The van der Waals surface area contributed by atoms with E-state index in [0.717, 1.165) is 31.0 Å². The summed E-state index contributed by atoms with van der Waals surface area (Å²) in [5.41, 5.74) is 1.88. The molecule has 3 N–H and O–H groups in total. The summed E-state index contributed by atoms with van der Waals surface area (Å²) in [5.74, 6) is 0.557. The van der Waals surface area contributed by atoms with Gasteiger partial charge in [0.05, 0.1) is 6.61 Å². The number of hydrogen-bond acceptors (Lipinski definition) is 4. The van der Waals surface area contributed by atoms with Crippen molar-refractivity contribution in [3.8, 4) is 0 Å². The second-order valence-corrected chi connectivity index (χ2v) is 5.13. The van der Waals surface area contributed by atoms with Gasteiger partial charge in [-0.05, 0) is 50.2 Å². The minimum Gasteiger partial charge on any atom is -0.395 e. The molecule has 1 aromatic rings. The fourth-order valence-electron chi connectivity index (χ4n) is 2.31. The molecule has 1 fully saturated rings. The highest BCUT2D eigenvalue weighted by Gasteiger charge is 2.19. The Balaban J connectivity index is 1.88. The largest absolute Gasteiger partial charge is 0.395 e. The van der Waals surface area contributed by atoms with Crippen molar-refractivity contribution < 1.29 is 9.90 Å². The number of hydrogen-bond donors (Lipinski definition) is 3. The molecule has 110 valence electrons. The Morgan fingerprint density at radius 2 is 2.10 bits per heavy atom. The van der Waals surface area contributed by atoms with Crippen LogP contribution in [0, 0.1) is 5.92 Å². The number of anilines is 2. The van der Waals surface area contributed by atoms with Gasteiger partial charge in [-0.15, -0.1) is 0 Å². The quantitative estimate of drug-likeness (QED) is 0.697. The Labute approximate surface area is 120 Å². The Kier molecular flexibility index (Phi) is 5.38. The lowest BCUT2D eigenvalue weighted by atomic mass is 9.99. The third-order valence-electron chi connectivity index (χ3n) is 3.61. The van der Waals surface area contributed by atoms with Crippen molar-refractivity contribution in [2.45, 2.75) is 13.3 Å². The summed E-state index contributed by atoms with van der Waals surface area (Å²) in [7, 11) is 0. The number of nitrogens with one attached hydrogen (secondary N) is 2. The lowest BCUT2D eigenvalue weighted by Crippen LogP contribution is -2.43. The molecule has 0 spiro atoms. The number of amides is 1. The number of benzene rings is 1. The third kappa shape index (κ3) is 3.95. The molecular formula is C15H23N3O2. The monoisotopic (exact) mass is 277 g/mol. The normalized spacial score (nSPS) is 14.7. The molecule has 1 amide bonds. The van der Waals surface area contributed by atoms with Crippen molar-refractivity contribution in [2.75, 3.05) is 43.0 Å². The molecule has 1 aliphatic heterocycles. The standard InChI is InChI=1S/C15H23N3O2/c1-2-18(7-8-19)14-5-3-13(4-6-14)17-15(20)9-12-10-16-11-12/h3-6,12,16,19H,2,7-11H2,1H3,(H,17,20). The molecule has 1 aliphatic rings. The molecule has 1 saturated heterocycles. The van der Waals surface area contributed by atoms with Gasteiger partial charge >= 0.3 is 0 Å². The lowest BCUT2D eigenvalue weighted by Gasteiger charge is -2.26. The SMILES string of the molecule is CCN(CCO)c1ccc(NC(=O)CC2CNC2)cc1. The zero-order chi connectivity index (χ0) is 14.4. The lowest BCUT2D eigenvalue weighted by molar-refractivity contribution is -0.117. The van der Waals surface area contributed by atoms with E-state index in [-0.39, 0.29) is 12.5 Å². The first-order chi connectivity index (χ1) is 9.72. The van der Waals surface area contributed by atoms with Crippen molar-refractivity contribution in [3.05, 3.63) is 24.3 Å². The topological polar surface area (TPSA) is 64.6 Å². The highest BCUT2D eigenvalue weighted by atomic mass is 16.3. The molecule has 0 bridgehead atoms. The summed E-state index contributed by atoms with van der Waals surface area (Å²) in [4.78, 5) is 13.9. The van der Waals surface area contributed by atoms with Crippen LogP contribution in [0.25, 0.3) is 0 Å². The van der Waals surface area contributed by atoms with E-state index in [2.05, 4.69) is 22.5 Å². The molecule has 0 radical (unpaired) electrons. The molecule has 5 nitrogen and oxygen atoms in total. The van der Waals surface area contributed by atoms with E-state index in [1.807, 2.05) is 24.3 Å². The van der Waals surface area contributed by atoms with Gasteiger partial charge in [0, 0.05) is 30.9 Å². The van der Waals surface area contributed by atoms with Crippen molar-refractivity contribution in [1.29, 1.82) is 0 Å². The van der Waals surface area contributed by atoms with E-state index < -0.39 is 0 Å². The maximum atomic E-state index is 11.8. The van der Waals surface area contributed by atoms with E-state index in [4.69, 9.17) is 5.11 Å². The minimum absolute atomic E-state index is 0.0759. The maximum absolute atomic E-state index is 11.8. The molecule has 20 heavy (non-hydrogen) atoms. The predicted octanol–water partition coefficient (Wildman–Crippen LogP) is 1.05. The molecule has 0 saturated carbocycles. The van der Waals surface area contributed by atoms with Gasteiger partial charge in [-0.1, -0.05) is 0 Å². The van der Waals surface area contributed by atoms with Crippen LogP contribution in [0.1, 0.15) is 13.3 Å². The molecule has 5 heteroatoms. The second kappa shape index (κ2) is 7.26. The summed E-state index contributed by atoms with van der Waals surface area (Å²) >= 11 is 0. The van der Waals surface area contributed by atoms with Crippen molar-refractivity contribution in [2.24, 2.45) is 5.92 Å². The van der Waals surface area contributed by atoms with Gasteiger partial charge in [0.25, 0.3) is 0 Å². The van der Waals surface area contributed by atoms with Crippen LogP contribution in [-0.2, 0) is 4.79 Å². The minimum atomic E-state index is 0.0759. The number of nitrogens with zero attached hydrogens (tertiary/aromatic N) is 1. The first kappa shape index (κ1) is 14.8. The zero-order valence-electron chi connectivity index (χ0n) is 11.9. The molecule has 1 heterocycles. The van der Waals surface area contributed by atoms with Crippen LogP contribution in [0.4, 0.5) is 11.4 Å². The van der Waals surface area contributed by atoms with E-state index in [0.29, 0.717) is 18.9 Å². The van der Waals surface area contributed by atoms with Crippen molar-refractivity contribution in [3.63, 3.8) is 0 Å². The maximum Gasteiger partial charge on any atom is 0.224 e. The molecule has 1 aromatic carbocycles. The highest BCUT2D eigenvalue weighted by Crippen LogP contribution is 2.18. The Morgan fingerprint density at radius 3 is 2.60 bits per heavy atom. The highest BCUT2D eigenvalue weighted by molar-refractivity contribution is 5.91. The summed E-state index contributed by atoms with van der Waals surface area (Å²) in [6, 6.07) is 7.76. The van der Waals surface area contributed by atoms with Crippen molar-refractivity contribution >= 4 is 17.3 Å². The van der Waals surface area contributed by atoms with Crippen LogP contribution >= 0.6 is 0 Å². The Bertz CT molecular complexity index is 429. The van der Waals surface area contributed by atoms with Crippen LogP contribution in [0.15, 0.2) is 24.3 Å². The van der Waals surface area contributed by atoms with Crippen LogP contribution in [-0.4, -0.2) is 43.8 Å². The molecule has 0 unspecified atom stereocenters. The summed E-state index contributed by atoms with van der Waals surface area (Å²) in [5, 5.41) is 15.1. The zero-order valence-corrected chi connectivity index (χ0v) is 11.9. The second-order valence-electron chi connectivity index (χ2n) is 5.13. The molecule has 0 aliphatic carbocycles. The number of carbonyl (C=O) groups excluding carboxylic acids is 1. The average Bonchev–Trinajstić information content (AvgIpc) is 2.41. The van der Waals surface area contributed by atoms with Crippen LogP contribution in [0.5, 0.6) is 0 Å². The Hall–Kier alpha value is -1.59. The summed E-state index contributed by atoms with van der Waals surface area (Å²) < 4.78 is 0. The predicted molar refractivity (Wildman–Crippen MR) is 81.0 cm³/mol. The Morgan fingerprint density at radius 1 is 1.40 bits per heavy atom. The number of aliphatic hydroxyl groups is 1. The van der Waals surface area contributed by atoms with Crippen molar-refractivity contribution in [1.82, 2.24) is 5.32 Å². The summed E-state index contributed by atoms with van der Waals surface area (Å²) in [6.45, 7) is 5.55. The number of aliphatic hydroxyl groups excluding tert-OH is 1. The van der Waals surface area contributed by atoms with E-state index in [1.54, 1.807) is 0 Å². The van der Waals surface area contributed by atoms with Gasteiger partial charge in [0.1, 0.15) is 0 Å². The van der Waals surface area contributed by atoms with Gasteiger partial charge < -0.3 is 20.6 Å². The molecule has 2 rings (SSSR count). The van der Waals surface area contributed by atoms with Gasteiger partial charge in [-0.3, -0.25) is 4.79 Å². The molecule has 0 atom stereocenters. The third-order valence-corrected chi connectivity index (χ3v) is 3.61. The van der Waals surface area contributed by atoms with E-state index >= 15 is 0 Å². The van der Waals surface area contributed by atoms with Gasteiger partial charge in [0.15, 0.2) is 0 Å². The van der Waals surface area contributed by atoms with Crippen LogP contribution < -0.4 is 15.5 Å². The van der Waals surface area contributed by atoms with E-state index in [1.165, 1.54) is 0 Å².